The van der Waals surface area contributed by atoms with Crippen molar-refractivity contribution in [1.82, 2.24) is 9.97 Å². The highest BCUT2D eigenvalue weighted by atomic mass is 79.9. The summed E-state index contributed by atoms with van der Waals surface area (Å²) < 4.78 is 17.1. The van der Waals surface area contributed by atoms with Crippen LogP contribution in [-0.2, 0) is 16.1 Å². The number of fused-ring (bicyclic) bond motifs is 1. The number of aromatic nitrogens is 2. The van der Waals surface area contributed by atoms with E-state index in [0.29, 0.717) is 17.2 Å². The molecule has 2 heterocycles. The Morgan fingerprint density at radius 3 is 2.93 bits per heavy atom. The second kappa shape index (κ2) is 8.59. The first-order valence-corrected chi connectivity index (χ1v) is 10.3. The van der Waals surface area contributed by atoms with E-state index in [2.05, 4.69) is 25.9 Å². The Labute approximate surface area is 178 Å². The van der Waals surface area contributed by atoms with Crippen LogP contribution in [0, 0.1) is 0 Å². The molecule has 0 radical (unpaired) electrons. The molecule has 0 fully saturated rings. The minimum atomic E-state index is -0.498. The maximum absolute atomic E-state index is 12.0. The minimum Gasteiger partial charge on any atom is -0.496 e. The Morgan fingerprint density at radius 2 is 2.10 bits per heavy atom. The first-order valence-electron chi connectivity index (χ1n) is 8.61. The van der Waals surface area contributed by atoms with Crippen molar-refractivity contribution in [1.29, 1.82) is 0 Å². The lowest BCUT2D eigenvalue weighted by molar-refractivity contribution is -0.139. The number of carbonyl (C=O) groups excluding carboxylic acids is 1. The predicted octanol–water partition coefficient (Wildman–Crippen LogP) is 5.48. The van der Waals surface area contributed by atoms with Crippen LogP contribution in [0.1, 0.15) is 11.6 Å². The third-order valence-electron chi connectivity index (χ3n) is 3.98. The third kappa shape index (κ3) is 4.55. The number of benzene rings is 2. The zero-order valence-electron chi connectivity index (χ0n) is 15.3. The van der Waals surface area contributed by atoms with Gasteiger partial charge in [-0.05, 0) is 30.3 Å². The van der Waals surface area contributed by atoms with Crippen LogP contribution < -0.4 is 4.74 Å². The molecule has 0 saturated carbocycles. The molecule has 4 rings (SSSR count). The molecule has 8 heteroatoms. The molecule has 0 saturated heterocycles. The molecule has 0 N–H and O–H groups in total. The smallest absolute Gasteiger partial charge is 0.331 e. The molecular weight excluding hydrogens is 456 g/mol. The number of esters is 1. The molecule has 146 valence electrons. The van der Waals surface area contributed by atoms with E-state index in [1.807, 2.05) is 47.8 Å². The fourth-order valence-corrected chi connectivity index (χ4v) is 3.82. The molecule has 0 bridgehead atoms. The highest BCUT2D eigenvalue weighted by molar-refractivity contribution is 9.10. The number of thiazole rings is 1. The topological polar surface area (TPSA) is 74.5 Å². The number of hydrogen-bond donors (Lipinski definition) is 0. The molecule has 29 heavy (non-hydrogen) atoms. The van der Waals surface area contributed by atoms with Crippen molar-refractivity contribution >= 4 is 50.4 Å². The van der Waals surface area contributed by atoms with E-state index < -0.39 is 5.97 Å². The quantitative estimate of drug-likeness (QED) is 0.274. The van der Waals surface area contributed by atoms with E-state index in [4.69, 9.17) is 13.9 Å². The lowest BCUT2D eigenvalue weighted by Crippen LogP contribution is -2.01. The zero-order chi connectivity index (χ0) is 20.2. The van der Waals surface area contributed by atoms with Crippen LogP contribution in [0.2, 0.25) is 0 Å². The molecule has 2 aromatic heterocycles. The monoisotopic (exact) mass is 470 g/mol. The normalized spacial score (nSPS) is 11.2. The summed E-state index contributed by atoms with van der Waals surface area (Å²) in [4.78, 5) is 20.8. The number of ether oxygens (including phenoxy) is 2. The molecule has 2 aromatic carbocycles. The number of hydrogen-bond acceptors (Lipinski definition) is 7. The van der Waals surface area contributed by atoms with Crippen molar-refractivity contribution in [3.8, 4) is 16.3 Å². The van der Waals surface area contributed by atoms with Gasteiger partial charge in [0.2, 0.25) is 5.89 Å². The molecule has 0 aliphatic rings. The fraction of sp³-hybridized carbons (Fsp3) is 0.0952. The highest BCUT2D eigenvalue weighted by Gasteiger charge is 2.12. The van der Waals surface area contributed by atoms with Crippen LogP contribution >= 0.6 is 27.3 Å². The third-order valence-corrected chi connectivity index (χ3v) is 5.40. The molecule has 0 amide bonds. The van der Waals surface area contributed by atoms with Gasteiger partial charge < -0.3 is 13.9 Å². The van der Waals surface area contributed by atoms with Crippen LogP contribution in [0.5, 0.6) is 5.75 Å². The van der Waals surface area contributed by atoms with Crippen molar-refractivity contribution in [2.75, 3.05) is 7.11 Å². The molecule has 0 unspecified atom stereocenters. The summed E-state index contributed by atoms with van der Waals surface area (Å²) in [7, 11) is 1.62. The van der Waals surface area contributed by atoms with Gasteiger partial charge in [0.25, 0.3) is 0 Å². The first-order chi connectivity index (χ1) is 14.1. The maximum atomic E-state index is 12.0. The molecule has 6 nitrogen and oxygen atoms in total. The van der Waals surface area contributed by atoms with Gasteiger partial charge in [-0.3, -0.25) is 0 Å². The van der Waals surface area contributed by atoms with E-state index >= 15 is 0 Å². The van der Waals surface area contributed by atoms with Crippen molar-refractivity contribution in [3.63, 3.8) is 0 Å². The Hall–Kier alpha value is -2.97. The van der Waals surface area contributed by atoms with Crippen LogP contribution in [0.4, 0.5) is 0 Å². The van der Waals surface area contributed by atoms with Crippen LogP contribution in [0.25, 0.3) is 27.7 Å². The van der Waals surface area contributed by atoms with Gasteiger partial charge in [0.15, 0.2) is 5.58 Å². The van der Waals surface area contributed by atoms with Gasteiger partial charge in [0, 0.05) is 22.0 Å². The number of carbonyl (C=O) groups is 1. The van der Waals surface area contributed by atoms with E-state index in [9.17, 15) is 4.79 Å². The first kappa shape index (κ1) is 19.4. The second-order valence-electron chi connectivity index (χ2n) is 5.95. The molecular formula is C21H15BrN2O4S. The average molecular weight is 471 g/mol. The summed E-state index contributed by atoms with van der Waals surface area (Å²) in [5, 5.41) is 2.64. The van der Waals surface area contributed by atoms with Gasteiger partial charge >= 0.3 is 5.97 Å². The molecule has 0 atom stereocenters. The van der Waals surface area contributed by atoms with Gasteiger partial charge in [-0.25, -0.2) is 14.8 Å². The zero-order valence-corrected chi connectivity index (χ0v) is 17.7. The van der Waals surface area contributed by atoms with Crippen LogP contribution in [0.3, 0.4) is 0 Å². The lowest BCUT2D eigenvalue weighted by atomic mass is 10.2. The standard InChI is InChI=1S/C21H15BrN2O4S/c1-26-17-7-6-13(22)10-15(17)21-23-14(12-29-21)11-27-20(25)9-8-19-24-16-4-2-3-5-18(16)28-19/h2-10,12H,11H2,1H3/b9-8+. The number of methoxy groups -OCH3 is 1. The number of rotatable bonds is 6. The summed E-state index contributed by atoms with van der Waals surface area (Å²) in [6, 6.07) is 13.1. The Bertz CT molecular complexity index is 1170. The number of halogens is 1. The summed E-state index contributed by atoms with van der Waals surface area (Å²) >= 11 is 4.92. The lowest BCUT2D eigenvalue weighted by Gasteiger charge is -2.06. The number of para-hydroxylation sites is 2. The number of nitrogens with zero attached hydrogens (tertiary/aromatic N) is 2. The van der Waals surface area contributed by atoms with Gasteiger partial charge in [-0.2, -0.15) is 0 Å². The van der Waals surface area contributed by atoms with E-state index in [0.717, 1.165) is 26.3 Å². The highest BCUT2D eigenvalue weighted by Crippen LogP contribution is 2.34. The van der Waals surface area contributed by atoms with Gasteiger partial charge in [-0.1, -0.05) is 28.1 Å². The van der Waals surface area contributed by atoms with Gasteiger partial charge in [0.05, 0.1) is 18.4 Å². The second-order valence-corrected chi connectivity index (χ2v) is 7.72. The predicted molar refractivity (Wildman–Crippen MR) is 115 cm³/mol. The molecule has 0 aliphatic carbocycles. The van der Waals surface area contributed by atoms with Crippen LogP contribution in [-0.4, -0.2) is 23.0 Å². The van der Waals surface area contributed by atoms with E-state index in [1.54, 1.807) is 7.11 Å². The number of oxazole rings is 1. The van der Waals surface area contributed by atoms with Crippen molar-refractivity contribution in [2.24, 2.45) is 0 Å². The largest absolute Gasteiger partial charge is 0.496 e. The Morgan fingerprint density at radius 1 is 1.24 bits per heavy atom. The van der Waals surface area contributed by atoms with E-state index in [1.165, 1.54) is 23.5 Å². The summed E-state index contributed by atoms with van der Waals surface area (Å²) in [5.74, 6) is 0.579. The summed E-state index contributed by atoms with van der Waals surface area (Å²) in [6.45, 7) is 0.0730. The minimum absolute atomic E-state index is 0.0730. The SMILES string of the molecule is COc1ccc(Br)cc1-c1nc(COC(=O)/C=C/c2nc3ccccc3o2)cs1. The van der Waals surface area contributed by atoms with Crippen molar-refractivity contribution in [2.45, 2.75) is 6.61 Å². The van der Waals surface area contributed by atoms with Gasteiger partial charge in [0.1, 0.15) is 22.9 Å². The molecule has 4 aromatic rings. The maximum Gasteiger partial charge on any atom is 0.331 e. The van der Waals surface area contributed by atoms with Gasteiger partial charge in [-0.15, -0.1) is 11.3 Å². The fourth-order valence-electron chi connectivity index (χ4n) is 2.64. The summed E-state index contributed by atoms with van der Waals surface area (Å²) in [5.41, 5.74) is 2.94. The van der Waals surface area contributed by atoms with Crippen molar-refractivity contribution < 1.29 is 18.7 Å². The summed E-state index contributed by atoms with van der Waals surface area (Å²) in [6.07, 6.45) is 2.77. The van der Waals surface area contributed by atoms with Crippen LogP contribution in [0.15, 0.2) is 62.8 Å². The Kier molecular flexibility index (Phi) is 5.73. The van der Waals surface area contributed by atoms with E-state index in [-0.39, 0.29) is 6.61 Å². The molecule has 0 aliphatic heterocycles. The Balaban J connectivity index is 1.39. The average Bonchev–Trinajstić information content (AvgIpc) is 3.37. The molecule has 0 spiro atoms. The van der Waals surface area contributed by atoms with Crippen molar-refractivity contribution in [3.05, 3.63) is 70.0 Å².